The average molecular weight is 405 g/mol. The maximum Gasteiger partial charge on any atom is 0.262 e. The van der Waals surface area contributed by atoms with E-state index < -0.39 is 6.17 Å². The molecule has 0 saturated heterocycles. The van der Waals surface area contributed by atoms with E-state index in [0.717, 1.165) is 11.4 Å². The van der Waals surface area contributed by atoms with Gasteiger partial charge in [-0.2, -0.15) is 0 Å². The third kappa shape index (κ3) is 3.50. The Kier molecular flexibility index (Phi) is 5.43. The molecule has 2 aromatic carbocycles. The van der Waals surface area contributed by atoms with Crippen molar-refractivity contribution >= 4 is 17.3 Å². The number of ether oxygens (including phenoxy) is 3. The van der Waals surface area contributed by atoms with E-state index >= 15 is 0 Å². The van der Waals surface area contributed by atoms with Gasteiger partial charge in [0.1, 0.15) is 17.2 Å². The first kappa shape index (κ1) is 19.6. The van der Waals surface area contributed by atoms with E-state index in [4.69, 9.17) is 14.2 Å². The van der Waals surface area contributed by atoms with Crippen LogP contribution in [-0.4, -0.2) is 31.7 Å². The molecule has 1 amide bonds. The Morgan fingerprint density at radius 2 is 1.80 bits per heavy atom. The van der Waals surface area contributed by atoms with Crippen molar-refractivity contribution in [3.05, 3.63) is 72.1 Å². The molecule has 4 rings (SSSR count). The summed E-state index contributed by atoms with van der Waals surface area (Å²) in [6, 6.07) is 16.5. The molecule has 2 heterocycles. The molecule has 1 aliphatic rings. The van der Waals surface area contributed by atoms with Gasteiger partial charge >= 0.3 is 0 Å². The number of hydrogen-bond donors (Lipinski definition) is 1. The van der Waals surface area contributed by atoms with Crippen LogP contribution >= 0.6 is 0 Å². The van der Waals surface area contributed by atoms with Crippen LogP contribution in [0.15, 0.2) is 60.8 Å². The molecule has 3 aromatic rings. The zero-order valence-electron chi connectivity index (χ0n) is 17.1. The third-order valence-electron chi connectivity index (χ3n) is 4.93. The summed E-state index contributed by atoms with van der Waals surface area (Å²) in [4.78, 5) is 19.4. The largest absolute Gasteiger partial charge is 0.497 e. The first-order chi connectivity index (χ1) is 14.7. The number of nitrogens with zero attached hydrogens (tertiary/aromatic N) is 2. The number of fused-ring (bicyclic) bond motifs is 1. The Hall–Kier alpha value is -3.74. The van der Waals surface area contributed by atoms with Crippen LogP contribution in [0, 0.1) is 0 Å². The summed E-state index contributed by atoms with van der Waals surface area (Å²) in [5.74, 6) is 1.94. The molecule has 0 unspecified atom stereocenters. The molecule has 1 N–H and O–H groups in total. The predicted molar refractivity (Wildman–Crippen MR) is 115 cm³/mol. The van der Waals surface area contributed by atoms with Gasteiger partial charge in [0.05, 0.1) is 37.8 Å². The monoisotopic (exact) mass is 405 g/mol. The zero-order valence-corrected chi connectivity index (χ0v) is 17.1. The van der Waals surface area contributed by atoms with Crippen LogP contribution in [0.5, 0.6) is 17.2 Å². The van der Waals surface area contributed by atoms with Gasteiger partial charge in [0.25, 0.3) is 5.91 Å². The molecule has 1 aliphatic heterocycles. The highest BCUT2D eigenvalue weighted by Gasteiger charge is 2.39. The number of pyridine rings is 1. The summed E-state index contributed by atoms with van der Waals surface area (Å²) in [7, 11) is 3.21. The zero-order chi connectivity index (χ0) is 21.1. The third-order valence-corrected chi connectivity index (χ3v) is 4.93. The Labute approximate surface area is 175 Å². The molecule has 0 bridgehead atoms. The molecule has 1 atom stereocenters. The van der Waals surface area contributed by atoms with E-state index in [0.29, 0.717) is 35.1 Å². The second kappa shape index (κ2) is 8.32. The molecule has 0 aliphatic carbocycles. The van der Waals surface area contributed by atoms with E-state index in [1.54, 1.807) is 37.4 Å². The summed E-state index contributed by atoms with van der Waals surface area (Å²) in [6.07, 6.45) is 1.18. The molecule has 0 saturated carbocycles. The average Bonchev–Trinajstić information content (AvgIpc) is 3.06. The van der Waals surface area contributed by atoms with Crippen LogP contribution in [0.3, 0.4) is 0 Å². The van der Waals surface area contributed by atoms with Crippen molar-refractivity contribution in [2.45, 2.75) is 13.1 Å². The number of benzene rings is 2. The van der Waals surface area contributed by atoms with Crippen molar-refractivity contribution in [1.82, 2.24) is 4.98 Å². The van der Waals surface area contributed by atoms with E-state index in [9.17, 15) is 4.79 Å². The van der Waals surface area contributed by atoms with Crippen molar-refractivity contribution in [2.24, 2.45) is 0 Å². The highest BCUT2D eigenvalue weighted by molar-refractivity contribution is 6.11. The van der Waals surface area contributed by atoms with Crippen LogP contribution in [0.2, 0.25) is 0 Å². The molecule has 1 aromatic heterocycles. The fourth-order valence-electron chi connectivity index (χ4n) is 3.53. The summed E-state index contributed by atoms with van der Waals surface area (Å²) in [5.41, 5.74) is 2.65. The lowest BCUT2D eigenvalue weighted by Crippen LogP contribution is -2.32. The Morgan fingerprint density at radius 3 is 2.50 bits per heavy atom. The smallest absolute Gasteiger partial charge is 0.262 e. The van der Waals surface area contributed by atoms with E-state index in [1.165, 1.54) is 0 Å². The van der Waals surface area contributed by atoms with Crippen molar-refractivity contribution in [1.29, 1.82) is 0 Å². The normalized spacial score (nSPS) is 15.0. The lowest BCUT2D eigenvalue weighted by molar-refractivity contribution is 0.0993. The van der Waals surface area contributed by atoms with Crippen molar-refractivity contribution in [2.75, 3.05) is 31.0 Å². The van der Waals surface area contributed by atoms with Crippen molar-refractivity contribution < 1.29 is 19.0 Å². The first-order valence-electron chi connectivity index (χ1n) is 9.66. The molecule has 7 heteroatoms. The van der Waals surface area contributed by atoms with Crippen LogP contribution < -0.4 is 24.4 Å². The predicted octanol–water partition coefficient (Wildman–Crippen LogP) is 4.27. The summed E-state index contributed by atoms with van der Waals surface area (Å²) in [6.45, 7) is 2.51. The van der Waals surface area contributed by atoms with Gasteiger partial charge in [0.15, 0.2) is 6.17 Å². The number of rotatable bonds is 7. The second-order valence-corrected chi connectivity index (χ2v) is 6.65. The van der Waals surface area contributed by atoms with Crippen molar-refractivity contribution in [3.8, 4) is 17.2 Å². The van der Waals surface area contributed by atoms with Gasteiger partial charge in [-0.25, -0.2) is 0 Å². The molecular weight excluding hydrogens is 382 g/mol. The van der Waals surface area contributed by atoms with Crippen LogP contribution in [0.25, 0.3) is 0 Å². The SMILES string of the molecule is CCOc1ccc(N2C(=O)c3cccnc3[C@@H]2Nc2cc(OC)ccc2OC)cc1. The Balaban J connectivity index is 1.75. The van der Waals surface area contributed by atoms with E-state index in [-0.39, 0.29) is 5.91 Å². The highest BCUT2D eigenvalue weighted by atomic mass is 16.5. The fourth-order valence-corrected chi connectivity index (χ4v) is 3.53. The van der Waals surface area contributed by atoms with Gasteiger partial charge in [-0.3, -0.25) is 14.7 Å². The van der Waals surface area contributed by atoms with Crippen LogP contribution in [0.4, 0.5) is 11.4 Å². The van der Waals surface area contributed by atoms with Gasteiger partial charge in [-0.05, 0) is 55.5 Å². The number of carbonyl (C=O) groups is 1. The van der Waals surface area contributed by atoms with E-state index in [1.807, 2.05) is 49.4 Å². The molecule has 0 fully saturated rings. The number of hydrogen-bond acceptors (Lipinski definition) is 6. The molecular formula is C23H23N3O4. The van der Waals surface area contributed by atoms with Crippen LogP contribution in [0.1, 0.15) is 29.1 Å². The topological polar surface area (TPSA) is 72.9 Å². The second-order valence-electron chi connectivity index (χ2n) is 6.65. The van der Waals surface area contributed by atoms with Gasteiger partial charge in [-0.15, -0.1) is 0 Å². The summed E-state index contributed by atoms with van der Waals surface area (Å²) < 4.78 is 16.4. The standard InChI is InChI=1S/C23H23N3O4/c1-4-30-16-9-7-15(8-10-16)26-22(21-18(23(26)27)6-5-13-24-21)25-19-14-17(28-2)11-12-20(19)29-3/h5-14,22,25H,4H2,1-3H3/t22-/m1/s1. The first-order valence-corrected chi connectivity index (χ1v) is 9.66. The number of anilines is 2. The molecule has 0 radical (unpaired) electrons. The molecule has 0 spiro atoms. The van der Waals surface area contributed by atoms with Crippen LogP contribution in [-0.2, 0) is 0 Å². The van der Waals surface area contributed by atoms with Gasteiger partial charge in [0.2, 0.25) is 0 Å². The highest BCUT2D eigenvalue weighted by Crippen LogP contribution is 2.40. The molecule has 7 nitrogen and oxygen atoms in total. The van der Waals surface area contributed by atoms with Gasteiger partial charge in [-0.1, -0.05) is 0 Å². The molecule has 30 heavy (non-hydrogen) atoms. The Bertz CT molecular complexity index is 1050. The number of nitrogens with one attached hydrogen (secondary N) is 1. The minimum atomic E-state index is -0.507. The number of carbonyl (C=O) groups excluding carboxylic acids is 1. The maximum atomic E-state index is 13.2. The lowest BCUT2D eigenvalue weighted by atomic mass is 10.2. The lowest BCUT2D eigenvalue weighted by Gasteiger charge is -2.27. The Morgan fingerprint density at radius 1 is 1.03 bits per heavy atom. The quantitative estimate of drug-likeness (QED) is 0.633. The van der Waals surface area contributed by atoms with Crippen molar-refractivity contribution in [3.63, 3.8) is 0 Å². The minimum absolute atomic E-state index is 0.123. The summed E-state index contributed by atoms with van der Waals surface area (Å²) in [5, 5.41) is 3.42. The van der Waals surface area contributed by atoms with E-state index in [2.05, 4.69) is 10.3 Å². The number of aromatic nitrogens is 1. The maximum absolute atomic E-state index is 13.2. The number of methoxy groups -OCH3 is 2. The fraction of sp³-hybridized carbons (Fsp3) is 0.217. The number of amides is 1. The minimum Gasteiger partial charge on any atom is -0.497 e. The summed E-state index contributed by atoms with van der Waals surface area (Å²) >= 11 is 0. The van der Waals surface area contributed by atoms with Gasteiger partial charge < -0.3 is 19.5 Å². The van der Waals surface area contributed by atoms with Gasteiger partial charge in [0, 0.05) is 18.0 Å². The molecule has 154 valence electrons.